The molecule has 26 heavy (non-hydrogen) atoms. The minimum Gasteiger partial charge on any atom is -0.493 e. The molecule has 1 unspecified atom stereocenters. The number of hydrogen-bond donors (Lipinski definition) is 2. The number of halogens is 1. The van der Waals surface area contributed by atoms with Crippen LogP contribution in [0.4, 0.5) is 0 Å². The van der Waals surface area contributed by atoms with Crippen molar-refractivity contribution in [1.82, 2.24) is 5.32 Å². The van der Waals surface area contributed by atoms with Crippen LogP contribution in [0.3, 0.4) is 0 Å². The zero-order chi connectivity index (χ0) is 18.6. The van der Waals surface area contributed by atoms with Crippen molar-refractivity contribution in [1.29, 1.82) is 0 Å². The van der Waals surface area contributed by atoms with Crippen molar-refractivity contribution in [2.75, 3.05) is 7.11 Å². The van der Waals surface area contributed by atoms with Crippen molar-refractivity contribution < 1.29 is 14.3 Å². The van der Waals surface area contributed by atoms with E-state index in [2.05, 4.69) is 5.32 Å². The van der Waals surface area contributed by atoms with Crippen LogP contribution < -0.4 is 20.5 Å². The van der Waals surface area contributed by atoms with E-state index >= 15 is 0 Å². The fourth-order valence-corrected chi connectivity index (χ4v) is 3.02. The third-order valence-corrected chi connectivity index (χ3v) is 4.86. The number of nitrogens with two attached hydrogens (primary N) is 1. The molecule has 0 bridgehead atoms. The van der Waals surface area contributed by atoms with E-state index in [1.807, 2.05) is 45.9 Å². The highest BCUT2D eigenvalue weighted by atomic mass is 35.5. The summed E-state index contributed by atoms with van der Waals surface area (Å²) in [6.45, 7) is 7.82. The Balaban J connectivity index is 0.00000338. The standard InChI is InChI=1S/C20H32N2O3.ClH/c1-13(22-19(23)18(21)20(2,3)4)14-10-11-16(17(12-14)24-5)25-15-8-6-7-9-15;/h10-13,15,18H,6-9,21H2,1-5H3,(H,22,23);1H/t13?,18-;/m1./s1. The van der Waals surface area contributed by atoms with Gasteiger partial charge in [0.05, 0.1) is 25.3 Å². The van der Waals surface area contributed by atoms with Crippen molar-refractivity contribution >= 4 is 18.3 Å². The van der Waals surface area contributed by atoms with Crippen LogP contribution >= 0.6 is 12.4 Å². The van der Waals surface area contributed by atoms with E-state index in [1.54, 1.807) is 7.11 Å². The normalized spacial score (nSPS) is 17.2. The fourth-order valence-electron chi connectivity index (χ4n) is 3.02. The average molecular weight is 385 g/mol. The first kappa shape index (κ1) is 22.6. The minimum atomic E-state index is -0.554. The summed E-state index contributed by atoms with van der Waals surface area (Å²) in [4.78, 5) is 12.3. The highest BCUT2D eigenvalue weighted by molar-refractivity contribution is 5.85. The molecule has 1 saturated carbocycles. The maximum atomic E-state index is 12.3. The topological polar surface area (TPSA) is 73.6 Å². The number of carbonyl (C=O) groups excluding carboxylic acids is 1. The molecular weight excluding hydrogens is 352 g/mol. The minimum absolute atomic E-state index is 0. The quantitative estimate of drug-likeness (QED) is 0.777. The van der Waals surface area contributed by atoms with E-state index in [-0.39, 0.29) is 35.9 Å². The van der Waals surface area contributed by atoms with Gasteiger partial charge in [-0.3, -0.25) is 4.79 Å². The molecule has 0 aliphatic heterocycles. The van der Waals surface area contributed by atoms with Gasteiger partial charge in [0.1, 0.15) is 0 Å². The molecule has 1 aliphatic rings. The lowest BCUT2D eigenvalue weighted by Crippen LogP contribution is -2.49. The van der Waals surface area contributed by atoms with Crippen LogP contribution in [-0.4, -0.2) is 25.2 Å². The number of ether oxygens (including phenoxy) is 2. The monoisotopic (exact) mass is 384 g/mol. The van der Waals surface area contributed by atoms with Gasteiger partial charge in [0.2, 0.25) is 5.91 Å². The number of methoxy groups -OCH3 is 1. The van der Waals surface area contributed by atoms with Crippen molar-refractivity contribution in [2.45, 2.75) is 71.6 Å². The Morgan fingerprint density at radius 1 is 1.23 bits per heavy atom. The van der Waals surface area contributed by atoms with Gasteiger partial charge in [-0.15, -0.1) is 12.4 Å². The first-order valence-corrected chi connectivity index (χ1v) is 9.13. The molecule has 1 amide bonds. The summed E-state index contributed by atoms with van der Waals surface area (Å²) in [5.41, 5.74) is 6.72. The smallest absolute Gasteiger partial charge is 0.237 e. The molecular formula is C20H33ClN2O3. The van der Waals surface area contributed by atoms with Crippen molar-refractivity contribution in [3.63, 3.8) is 0 Å². The van der Waals surface area contributed by atoms with Crippen molar-refractivity contribution in [3.8, 4) is 11.5 Å². The lowest BCUT2D eigenvalue weighted by molar-refractivity contribution is -0.125. The number of rotatable bonds is 6. The number of benzene rings is 1. The Hall–Kier alpha value is -1.46. The second-order valence-corrected chi connectivity index (χ2v) is 8.01. The lowest BCUT2D eigenvalue weighted by Gasteiger charge is -2.27. The van der Waals surface area contributed by atoms with Gasteiger partial charge in [-0.25, -0.2) is 0 Å². The van der Waals surface area contributed by atoms with Gasteiger partial charge in [0.15, 0.2) is 11.5 Å². The number of carbonyl (C=O) groups is 1. The predicted octanol–water partition coefficient (Wildman–Crippen LogP) is 3.99. The molecule has 0 radical (unpaired) electrons. The molecule has 0 spiro atoms. The van der Waals surface area contributed by atoms with E-state index in [1.165, 1.54) is 12.8 Å². The van der Waals surface area contributed by atoms with E-state index in [0.29, 0.717) is 5.75 Å². The number of nitrogens with one attached hydrogen (secondary N) is 1. The Kier molecular flexibility index (Phi) is 8.22. The van der Waals surface area contributed by atoms with Gasteiger partial charge in [-0.1, -0.05) is 26.8 Å². The average Bonchev–Trinajstić information content (AvgIpc) is 3.06. The van der Waals surface area contributed by atoms with E-state index in [0.717, 1.165) is 24.2 Å². The Morgan fingerprint density at radius 2 is 1.85 bits per heavy atom. The van der Waals surface area contributed by atoms with E-state index < -0.39 is 6.04 Å². The lowest BCUT2D eigenvalue weighted by atomic mass is 9.86. The summed E-state index contributed by atoms with van der Waals surface area (Å²) < 4.78 is 11.6. The largest absolute Gasteiger partial charge is 0.493 e. The molecule has 5 nitrogen and oxygen atoms in total. The SMILES string of the molecule is COc1cc(C(C)NC(=O)[C@@H](N)C(C)(C)C)ccc1OC1CCCC1.Cl. The van der Waals surface area contributed by atoms with Crippen LogP contribution in [0.25, 0.3) is 0 Å². The third kappa shape index (κ3) is 5.78. The van der Waals surface area contributed by atoms with Gasteiger partial charge in [0, 0.05) is 0 Å². The van der Waals surface area contributed by atoms with Crippen molar-refractivity contribution in [2.24, 2.45) is 11.1 Å². The molecule has 148 valence electrons. The molecule has 0 saturated heterocycles. The molecule has 0 heterocycles. The van der Waals surface area contributed by atoms with Crippen LogP contribution in [0.15, 0.2) is 18.2 Å². The predicted molar refractivity (Wildman–Crippen MR) is 107 cm³/mol. The van der Waals surface area contributed by atoms with Crippen LogP contribution in [0, 0.1) is 5.41 Å². The zero-order valence-corrected chi connectivity index (χ0v) is 17.3. The molecule has 6 heteroatoms. The molecule has 2 rings (SSSR count). The molecule has 1 aliphatic carbocycles. The number of amides is 1. The van der Waals surface area contributed by atoms with Gasteiger partial charge < -0.3 is 20.5 Å². The van der Waals surface area contributed by atoms with E-state index in [9.17, 15) is 4.79 Å². The second kappa shape index (κ2) is 9.47. The fraction of sp³-hybridized carbons (Fsp3) is 0.650. The summed E-state index contributed by atoms with van der Waals surface area (Å²) in [7, 11) is 1.64. The highest BCUT2D eigenvalue weighted by Gasteiger charge is 2.28. The summed E-state index contributed by atoms with van der Waals surface area (Å²) in [5.74, 6) is 1.32. The second-order valence-electron chi connectivity index (χ2n) is 8.01. The molecule has 1 aromatic rings. The summed E-state index contributed by atoms with van der Waals surface area (Å²) >= 11 is 0. The molecule has 2 atom stereocenters. The summed E-state index contributed by atoms with van der Waals surface area (Å²) in [6, 6.07) is 5.12. The summed E-state index contributed by atoms with van der Waals surface area (Å²) in [6.07, 6.45) is 4.93. The Bertz CT molecular complexity index is 595. The third-order valence-electron chi connectivity index (χ3n) is 4.86. The number of hydrogen-bond acceptors (Lipinski definition) is 4. The maximum Gasteiger partial charge on any atom is 0.237 e. The zero-order valence-electron chi connectivity index (χ0n) is 16.5. The summed E-state index contributed by atoms with van der Waals surface area (Å²) in [5, 5.41) is 2.99. The van der Waals surface area contributed by atoms with Gasteiger partial charge >= 0.3 is 0 Å². The van der Waals surface area contributed by atoms with Crippen LogP contribution in [-0.2, 0) is 4.79 Å². The maximum absolute atomic E-state index is 12.3. The van der Waals surface area contributed by atoms with Gasteiger partial charge in [-0.2, -0.15) is 0 Å². The first-order chi connectivity index (χ1) is 11.7. The van der Waals surface area contributed by atoms with E-state index in [4.69, 9.17) is 15.2 Å². The first-order valence-electron chi connectivity index (χ1n) is 9.13. The Morgan fingerprint density at radius 3 is 2.38 bits per heavy atom. The van der Waals surface area contributed by atoms with Crippen LogP contribution in [0.1, 0.15) is 65.0 Å². The Labute approximate surface area is 163 Å². The molecule has 3 N–H and O–H groups in total. The molecule has 1 fully saturated rings. The van der Waals surface area contributed by atoms with Crippen LogP contribution in [0.5, 0.6) is 11.5 Å². The van der Waals surface area contributed by atoms with Gasteiger partial charge in [0.25, 0.3) is 0 Å². The van der Waals surface area contributed by atoms with Crippen LogP contribution in [0.2, 0.25) is 0 Å². The van der Waals surface area contributed by atoms with Gasteiger partial charge in [-0.05, 0) is 55.7 Å². The molecule has 1 aromatic carbocycles. The molecule has 0 aromatic heterocycles. The highest BCUT2D eigenvalue weighted by Crippen LogP contribution is 2.33. The van der Waals surface area contributed by atoms with Crippen molar-refractivity contribution in [3.05, 3.63) is 23.8 Å².